The highest BCUT2D eigenvalue weighted by Crippen LogP contribution is 2.39. The number of hydrogen-bond acceptors (Lipinski definition) is 2. The number of likely N-dealkylation sites (tertiary alicyclic amines) is 1. The molecule has 0 saturated carbocycles. The molecule has 5 heteroatoms. The number of nitrogens with zero attached hydrogens (tertiary/aromatic N) is 1. The molecule has 0 bridgehead atoms. The van der Waals surface area contributed by atoms with E-state index < -0.39 is 0 Å². The monoisotopic (exact) mass is 312 g/mol. The van der Waals surface area contributed by atoms with Crippen LogP contribution in [0.15, 0.2) is 18.2 Å². The van der Waals surface area contributed by atoms with E-state index in [4.69, 9.17) is 23.2 Å². The quantitative estimate of drug-likeness (QED) is 0.863. The van der Waals surface area contributed by atoms with E-state index in [9.17, 15) is 4.79 Å². The molecule has 3 nitrogen and oxygen atoms in total. The zero-order chi connectivity index (χ0) is 14.2. The lowest BCUT2D eigenvalue weighted by Gasteiger charge is -2.33. The molecule has 1 spiro atoms. The molecule has 1 amide bonds. The van der Waals surface area contributed by atoms with Crippen molar-refractivity contribution in [1.29, 1.82) is 0 Å². The van der Waals surface area contributed by atoms with Gasteiger partial charge in [-0.1, -0.05) is 23.2 Å². The van der Waals surface area contributed by atoms with Crippen LogP contribution >= 0.6 is 23.2 Å². The normalized spacial score (nSPS) is 21.4. The molecule has 1 N–H and O–H groups in total. The van der Waals surface area contributed by atoms with Gasteiger partial charge in [-0.25, -0.2) is 0 Å². The van der Waals surface area contributed by atoms with Gasteiger partial charge in [-0.3, -0.25) is 4.79 Å². The van der Waals surface area contributed by atoms with Crippen molar-refractivity contribution < 1.29 is 4.79 Å². The Balaban J connectivity index is 1.77. The van der Waals surface area contributed by atoms with Crippen LogP contribution in [0.4, 0.5) is 0 Å². The summed E-state index contributed by atoms with van der Waals surface area (Å²) in [5.41, 5.74) is 0.830. The topological polar surface area (TPSA) is 32.3 Å². The molecule has 2 fully saturated rings. The molecule has 1 aromatic rings. The highest BCUT2D eigenvalue weighted by molar-refractivity contribution is 6.35. The van der Waals surface area contributed by atoms with Crippen molar-refractivity contribution in [3.63, 3.8) is 0 Å². The third-order valence-corrected chi connectivity index (χ3v) is 5.11. The van der Waals surface area contributed by atoms with E-state index in [1.807, 2.05) is 4.90 Å². The van der Waals surface area contributed by atoms with Gasteiger partial charge in [-0.2, -0.15) is 0 Å². The smallest absolute Gasteiger partial charge is 0.255 e. The zero-order valence-corrected chi connectivity index (χ0v) is 12.8. The first-order valence-corrected chi connectivity index (χ1v) is 7.80. The van der Waals surface area contributed by atoms with Crippen molar-refractivity contribution in [1.82, 2.24) is 10.2 Å². The number of halogens is 2. The first-order chi connectivity index (χ1) is 9.60. The van der Waals surface area contributed by atoms with Gasteiger partial charge in [0, 0.05) is 18.1 Å². The summed E-state index contributed by atoms with van der Waals surface area (Å²) in [7, 11) is 0. The van der Waals surface area contributed by atoms with Crippen LogP contribution in [0.25, 0.3) is 0 Å². The summed E-state index contributed by atoms with van der Waals surface area (Å²) < 4.78 is 0. The number of carbonyl (C=O) groups is 1. The van der Waals surface area contributed by atoms with E-state index >= 15 is 0 Å². The average Bonchev–Trinajstić information content (AvgIpc) is 2.85. The Bertz CT molecular complexity index is 527. The summed E-state index contributed by atoms with van der Waals surface area (Å²) in [5.74, 6) is 0.00732. The van der Waals surface area contributed by atoms with Crippen LogP contribution in [0.3, 0.4) is 0 Å². The fourth-order valence-corrected chi connectivity index (χ4v) is 3.68. The van der Waals surface area contributed by atoms with Crippen LogP contribution in [-0.2, 0) is 0 Å². The van der Waals surface area contributed by atoms with Crippen LogP contribution in [0, 0.1) is 5.41 Å². The van der Waals surface area contributed by atoms with E-state index in [2.05, 4.69) is 5.32 Å². The molecule has 2 aliphatic rings. The Labute approximate surface area is 129 Å². The standard InChI is InChI=1S/C15H18Cl2N2O/c16-11-1-2-13(17)12(9-11)14(20)19-8-5-15(10-19)3-6-18-7-4-15/h1-2,9,18H,3-8,10H2. The largest absolute Gasteiger partial charge is 0.338 e. The van der Waals surface area contributed by atoms with Crippen molar-refractivity contribution in [2.75, 3.05) is 26.2 Å². The van der Waals surface area contributed by atoms with Crippen molar-refractivity contribution in [2.24, 2.45) is 5.41 Å². The Morgan fingerprint density at radius 3 is 2.70 bits per heavy atom. The van der Waals surface area contributed by atoms with E-state index in [0.29, 0.717) is 21.0 Å². The van der Waals surface area contributed by atoms with Gasteiger partial charge in [0.05, 0.1) is 10.6 Å². The van der Waals surface area contributed by atoms with Crippen LogP contribution in [-0.4, -0.2) is 37.0 Å². The Kier molecular flexibility index (Phi) is 3.93. The van der Waals surface area contributed by atoms with Crippen molar-refractivity contribution >= 4 is 29.1 Å². The highest BCUT2D eigenvalue weighted by atomic mass is 35.5. The number of benzene rings is 1. The lowest BCUT2D eigenvalue weighted by Crippen LogP contribution is -2.39. The van der Waals surface area contributed by atoms with Crippen LogP contribution in [0.1, 0.15) is 29.6 Å². The Morgan fingerprint density at radius 1 is 1.20 bits per heavy atom. The van der Waals surface area contributed by atoms with Gasteiger partial charge in [0.2, 0.25) is 0 Å². The summed E-state index contributed by atoms with van der Waals surface area (Å²) >= 11 is 12.1. The van der Waals surface area contributed by atoms with Gasteiger partial charge >= 0.3 is 0 Å². The number of rotatable bonds is 1. The summed E-state index contributed by atoms with van der Waals surface area (Å²) in [4.78, 5) is 14.5. The second-order valence-electron chi connectivity index (χ2n) is 5.85. The summed E-state index contributed by atoms with van der Waals surface area (Å²) in [6.07, 6.45) is 3.40. The predicted molar refractivity (Wildman–Crippen MR) is 81.5 cm³/mol. The molecule has 0 aliphatic carbocycles. The molecule has 1 aromatic carbocycles. The second kappa shape index (κ2) is 5.55. The summed E-state index contributed by atoms with van der Waals surface area (Å²) in [5, 5.41) is 4.41. The van der Waals surface area contributed by atoms with E-state index in [1.54, 1.807) is 18.2 Å². The number of hydrogen-bond donors (Lipinski definition) is 1. The van der Waals surface area contributed by atoms with Gasteiger partial charge < -0.3 is 10.2 Å². The Morgan fingerprint density at radius 2 is 1.95 bits per heavy atom. The molecule has 2 saturated heterocycles. The predicted octanol–water partition coefficient (Wildman–Crippen LogP) is 3.21. The van der Waals surface area contributed by atoms with E-state index in [0.717, 1.165) is 45.4 Å². The molecule has 3 rings (SSSR count). The van der Waals surface area contributed by atoms with Gasteiger partial charge in [-0.05, 0) is 56.0 Å². The molecule has 0 atom stereocenters. The van der Waals surface area contributed by atoms with E-state index in [1.165, 1.54) is 0 Å². The minimum Gasteiger partial charge on any atom is -0.338 e. The van der Waals surface area contributed by atoms with Crippen LogP contribution < -0.4 is 5.32 Å². The van der Waals surface area contributed by atoms with Crippen molar-refractivity contribution in [2.45, 2.75) is 19.3 Å². The fourth-order valence-electron chi connectivity index (χ4n) is 3.31. The average molecular weight is 313 g/mol. The lowest BCUT2D eigenvalue weighted by molar-refractivity contribution is 0.0762. The maximum Gasteiger partial charge on any atom is 0.255 e. The molecule has 0 radical (unpaired) electrons. The molecule has 0 unspecified atom stereocenters. The molecule has 2 aliphatic heterocycles. The third kappa shape index (κ3) is 2.67. The first-order valence-electron chi connectivity index (χ1n) is 7.05. The number of amides is 1. The minimum absolute atomic E-state index is 0.00732. The maximum atomic E-state index is 12.6. The maximum absolute atomic E-state index is 12.6. The first kappa shape index (κ1) is 14.2. The number of nitrogens with one attached hydrogen (secondary N) is 1. The molecule has 2 heterocycles. The highest BCUT2D eigenvalue weighted by Gasteiger charge is 2.40. The van der Waals surface area contributed by atoms with Gasteiger partial charge in [0.25, 0.3) is 5.91 Å². The van der Waals surface area contributed by atoms with Gasteiger partial charge in [0.15, 0.2) is 0 Å². The van der Waals surface area contributed by atoms with Crippen LogP contribution in [0.5, 0.6) is 0 Å². The molecule has 0 aromatic heterocycles. The third-order valence-electron chi connectivity index (χ3n) is 4.55. The molecule has 20 heavy (non-hydrogen) atoms. The van der Waals surface area contributed by atoms with Gasteiger partial charge in [0.1, 0.15) is 0 Å². The number of piperidine rings is 1. The lowest BCUT2D eigenvalue weighted by atomic mass is 9.78. The summed E-state index contributed by atoms with van der Waals surface area (Å²) in [6, 6.07) is 5.06. The minimum atomic E-state index is 0.00732. The van der Waals surface area contributed by atoms with Crippen LogP contribution in [0.2, 0.25) is 10.0 Å². The van der Waals surface area contributed by atoms with Crippen molar-refractivity contribution in [3.05, 3.63) is 33.8 Å². The SMILES string of the molecule is O=C(c1cc(Cl)ccc1Cl)N1CCC2(CCNCC2)C1. The molecular weight excluding hydrogens is 295 g/mol. The molecule has 108 valence electrons. The van der Waals surface area contributed by atoms with Crippen molar-refractivity contribution in [3.8, 4) is 0 Å². The zero-order valence-electron chi connectivity index (χ0n) is 11.3. The molecular formula is C15H18Cl2N2O. The fraction of sp³-hybridized carbons (Fsp3) is 0.533. The van der Waals surface area contributed by atoms with Gasteiger partial charge in [-0.15, -0.1) is 0 Å². The van der Waals surface area contributed by atoms with E-state index in [-0.39, 0.29) is 5.91 Å². The Hall–Kier alpha value is -0.770. The summed E-state index contributed by atoms with van der Waals surface area (Å²) in [6.45, 7) is 3.78. The number of carbonyl (C=O) groups excluding carboxylic acids is 1. The second-order valence-corrected chi connectivity index (χ2v) is 6.69.